The van der Waals surface area contributed by atoms with Crippen LogP contribution in [-0.4, -0.2) is 39.3 Å². The molecule has 2 aromatic rings. The van der Waals surface area contributed by atoms with E-state index in [9.17, 15) is 17.6 Å². The maximum atomic E-state index is 14.7. The van der Waals surface area contributed by atoms with E-state index in [2.05, 4.69) is 10.6 Å². The molecule has 134 valence electrons. The van der Waals surface area contributed by atoms with Gasteiger partial charge in [-0.3, -0.25) is 4.79 Å². The first-order valence-electron chi connectivity index (χ1n) is 7.64. The normalized spacial score (nSPS) is 14.4. The summed E-state index contributed by atoms with van der Waals surface area (Å²) in [5.74, 6) is -1.09. The lowest BCUT2D eigenvalue weighted by atomic mass is 9.99. The zero-order valence-corrected chi connectivity index (χ0v) is 15.4. The number of hydrogen-bond donors (Lipinski definition) is 2. The molecule has 25 heavy (non-hydrogen) atoms. The number of carbonyl (C=O) groups excluding carboxylic acids is 1. The van der Waals surface area contributed by atoms with Crippen LogP contribution in [0.5, 0.6) is 0 Å². The summed E-state index contributed by atoms with van der Waals surface area (Å²) in [6.07, 6.45) is 0.546. The average molecular weight is 383 g/mol. The van der Waals surface area contributed by atoms with E-state index in [1.54, 1.807) is 6.07 Å². The average Bonchev–Trinajstić information content (AvgIpc) is 3.08. The second-order valence-corrected chi connectivity index (χ2v) is 8.88. The molecule has 0 unspecified atom stereocenters. The minimum absolute atomic E-state index is 0.0347. The van der Waals surface area contributed by atoms with Gasteiger partial charge in [0.1, 0.15) is 15.6 Å². The van der Waals surface area contributed by atoms with Crippen molar-refractivity contribution in [2.24, 2.45) is 0 Å². The van der Waals surface area contributed by atoms with Crippen LogP contribution in [0.3, 0.4) is 0 Å². The summed E-state index contributed by atoms with van der Waals surface area (Å²) in [6, 6.07) is 4.66. The van der Waals surface area contributed by atoms with Gasteiger partial charge >= 0.3 is 0 Å². The van der Waals surface area contributed by atoms with Gasteiger partial charge in [-0.1, -0.05) is 6.07 Å². The van der Waals surface area contributed by atoms with E-state index in [1.807, 2.05) is 0 Å². The molecule has 6 nitrogen and oxygen atoms in total. The van der Waals surface area contributed by atoms with Crippen molar-refractivity contribution in [1.29, 1.82) is 0 Å². The topological polar surface area (TPSA) is 78.5 Å². The van der Waals surface area contributed by atoms with Gasteiger partial charge in [0.2, 0.25) is 10.0 Å². The fraction of sp³-hybridized carbons (Fsp3) is 0.312. The second-order valence-electron chi connectivity index (χ2n) is 5.85. The van der Waals surface area contributed by atoms with Crippen molar-refractivity contribution in [1.82, 2.24) is 9.62 Å². The number of hydrogen-bond acceptors (Lipinski definition) is 5. The molecular formula is C16H18FN3O3S2. The van der Waals surface area contributed by atoms with Gasteiger partial charge in [-0.05, 0) is 41.6 Å². The molecule has 0 atom stereocenters. The third-order valence-electron chi connectivity index (χ3n) is 4.05. The Kier molecular flexibility index (Phi) is 4.92. The van der Waals surface area contributed by atoms with Crippen molar-refractivity contribution >= 4 is 33.0 Å². The van der Waals surface area contributed by atoms with Crippen molar-refractivity contribution in [2.45, 2.75) is 17.9 Å². The zero-order chi connectivity index (χ0) is 18.2. The molecule has 0 spiro atoms. The molecule has 2 heterocycles. The lowest BCUT2D eigenvalue weighted by Gasteiger charge is -2.19. The summed E-state index contributed by atoms with van der Waals surface area (Å²) in [5, 5.41) is 7.20. The summed E-state index contributed by atoms with van der Waals surface area (Å²) >= 11 is 1.01. The molecule has 0 saturated carbocycles. The van der Waals surface area contributed by atoms with Crippen LogP contribution in [0.2, 0.25) is 0 Å². The van der Waals surface area contributed by atoms with Crippen molar-refractivity contribution in [3.8, 4) is 0 Å². The van der Waals surface area contributed by atoms with Gasteiger partial charge in [0.15, 0.2) is 0 Å². The smallest absolute Gasteiger partial charge is 0.267 e. The Balaban J connectivity index is 1.91. The monoisotopic (exact) mass is 383 g/mol. The predicted molar refractivity (Wildman–Crippen MR) is 95.0 cm³/mol. The summed E-state index contributed by atoms with van der Waals surface area (Å²) in [4.78, 5) is 12.5. The van der Waals surface area contributed by atoms with Crippen LogP contribution < -0.4 is 10.6 Å². The van der Waals surface area contributed by atoms with Gasteiger partial charge < -0.3 is 10.6 Å². The summed E-state index contributed by atoms with van der Waals surface area (Å²) in [5.41, 5.74) is 1.52. The number of carbonyl (C=O) groups is 1. The van der Waals surface area contributed by atoms with Crippen LogP contribution >= 0.6 is 11.3 Å². The van der Waals surface area contributed by atoms with Crippen LogP contribution in [0.1, 0.15) is 20.8 Å². The number of halogens is 1. The molecule has 1 aromatic heterocycles. The first-order chi connectivity index (χ1) is 11.8. The predicted octanol–water partition coefficient (Wildman–Crippen LogP) is 2.04. The molecular weight excluding hydrogens is 365 g/mol. The minimum atomic E-state index is -3.75. The van der Waals surface area contributed by atoms with Crippen molar-refractivity contribution in [3.63, 3.8) is 0 Å². The molecule has 0 aliphatic carbocycles. The van der Waals surface area contributed by atoms with E-state index in [0.717, 1.165) is 21.2 Å². The minimum Gasteiger partial charge on any atom is -0.319 e. The highest BCUT2D eigenvalue weighted by Crippen LogP contribution is 2.28. The van der Waals surface area contributed by atoms with Gasteiger partial charge in [0, 0.05) is 20.6 Å². The van der Waals surface area contributed by atoms with Gasteiger partial charge in [0.05, 0.1) is 5.69 Å². The van der Waals surface area contributed by atoms with E-state index >= 15 is 0 Å². The number of amides is 1. The molecule has 1 aliphatic heterocycles. The highest BCUT2D eigenvalue weighted by molar-refractivity contribution is 7.89. The van der Waals surface area contributed by atoms with Gasteiger partial charge in [-0.15, -0.1) is 11.3 Å². The standard InChI is InChI=1S/C16H18FN3O3S2/c1-20(2)25(22,23)13-6-8-24-15(13)16(21)19-12-4-3-10-9-18-7-5-11(10)14(12)17/h3-4,6,8,18H,5,7,9H2,1-2H3,(H,19,21). The van der Waals surface area contributed by atoms with E-state index in [0.29, 0.717) is 25.1 Å². The van der Waals surface area contributed by atoms with Gasteiger partial charge in [-0.2, -0.15) is 0 Å². The molecule has 9 heteroatoms. The Morgan fingerprint density at radius 1 is 1.32 bits per heavy atom. The first-order valence-corrected chi connectivity index (χ1v) is 9.96. The highest BCUT2D eigenvalue weighted by Gasteiger charge is 2.27. The quantitative estimate of drug-likeness (QED) is 0.847. The van der Waals surface area contributed by atoms with E-state index in [4.69, 9.17) is 0 Å². The van der Waals surface area contributed by atoms with Crippen LogP contribution in [0.4, 0.5) is 10.1 Å². The fourth-order valence-corrected chi connectivity index (χ4v) is 4.86. The van der Waals surface area contributed by atoms with Crippen LogP contribution in [0.25, 0.3) is 0 Å². The molecule has 1 aromatic carbocycles. The number of anilines is 1. The third kappa shape index (κ3) is 3.32. The molecule has 0 bridgehead atoms. The third-order valence-corrected chi connectivity index (χ3v) is 6.95. The van der Waals surface area contributed by atoms with E-state index < -0.39 is 21.7 Å². The zero-order valence-electron chi connectivity index (χ0n) is 13.8. The van der Waals surface area contributed by atoms with E-state index in [-0.39, 0.29) is 15.5 Å². The summed E-state index contributed by atoms with van der Waals surface area (Å²) in [6.45, 7) is 1.27. The van der Waals surface area contributed by atoms with Crippen molar-refractivity contribution in [3.05, 3.63) is 45.4 Å². The molecule has 0 radical (unpaired) electrons. The van der Waals surface area contributed by atoms with Crippen LogP contribution in [-0.2, 0) is 23.0 Å². The number of nitrogens with one attached hydrogen (secondary N) is 2. The fourth-order valence-electron chi connectivity index (χ4n) is 2.67. The van der Waals surface area contributed by atoms with Gasteiger partial charge in [-0.25, -0.2) is 17.1 Å². The largest absolute Gasteiger partial charge is 0.319 e. The van der Waals surface area contributed by atoms with Gasteiger partial charge in [0.25, 0.3) is 5.91 Å². The number of thiophene rings is 1. The first kappa shape index (κ1) is 18.0. The molecule has 3 rings (SSSR count). The van der Waals surface area contributed by atoms with Crippen LogP contribution in [0.15, 0.2) is 28.5 Å². The lowest BCUT2D eigenvalue weighted by molar-refractivity contribution is 0.102. The summed E-state index contributed by atoms with van der Waals surface area (Å²) in [7, 11) is -0.956. The maximum Gasteiger partial charge on any atom is 0.267 e. The number of fused-ring (bicyclic) bond motifs is 1. The Morgan fingerprint density at radius 3 is 2.80 bits per heavy atom. The van der Waals surface area contributed by atoms with Crippen LogP contribution in [0, 0.1) is 5.82 Å². The lowest BCUT2D eigenvalue weighted by Crippen LogP contribution is -2.26. The second kappa shape index (κ2) is 6.83. The summed E-state index contributed by atoms with van der Waals surface area (Å²) < 4.78 is 40.3. The Hall–Kier alpha value is -1.81. The number of benzene rings is 1. The Bertz CT molecular complexity index is 923. The molecule has 1 aliphatic rings. The molecule has 2 N–H and O–H groups in total. The molecule has 0 fully saturated rings. The highest BCUT2D eigenvalue weighted by atomic mass is 32.2. The number of sulfonamides is 1. The SMILES string of the molecule is CN(C)S(=O)(=O)c1ccsc1C(=O)Nc1ccc2c(c1F)CCNC2. The molecule has 0 saturated heterocycles. The Morgan fingerprint density at radius 2 is 2.08 bits per heavy atom. The van der Waals surface area contributed by atoms with Crippen molar-refractivity contribution in [2.75, 3.05) is 26.0 Å². The number of nitrogens with zero attached hydrogens (tertiary/aromatic N) is 1. The van der Waals surface area contributed by atoms with E-state index in [1.165, 1.54) is 31.6 Å². The Labute approximate surface area is 149 Å². The van der Waals surface area contributed by atoms with Crippen molar-refractivity contribution < 1.29 is 17.6 Å². The maximum absolute atomic E-state index is 14.7. The molecule has 1 amide bonds. The number of rotatable bonds is 4.